The van der Waals surface area contributed by atoms with Crippen molar-refractivity contribution in [3.8, 4) is 11.8 Å². The number of nitriles is 1. The Morgan fingerprint density at radius 1 is 1.50 bits per heavy atom. The van der Waals surface area contributed by atoms with Crippen molar-refractivity contribution in [3.63, 3.8) is 0 Å². The van der Waals surface area contributed by atoms with E-state index in [1.807, 2.05) is 13.0 Å². The van der Waals surface area contributed by atoms with Gasteiger partial charge in [-0.25, -0.2) is 8.42 Å². The van der Waals surface area contributed by atoms with Gasteiger partial charge < -0.3 is 10.1 Å². The summed E-state index contributed by atoms with van der Waals surface area (Å²) in [6, 6.07) is 7.48. The van der Waals surface area contributed by atoms with Crippen LogP contribution < -0.4 is 10.1 Å². The van der Waals surface area contributed by atoms with E-state index in [4.69, 9.17) is 10.00 Å². The molecule has 1 heterocycles. The van der Waals surface area contributed by atoms with E-state index in [2.05, 4.69) is 11.4 Å². The van der Waals surface area contributed by atoms with Crippen LogP contribution in [-0.2, 0) is 16.4 Å². The van der Waals surface area contributed by atoms with E-state index >= 15 is 0 Å². The lowest BCUT2D eigenvalue weighted by Crippen LogP contribution is -2.42. The largest absolute Gasteiger partial charge is 0.495 e. The highest BCUT2D eigenvalue weighted by molar-refractivity contribution is 7.91. The number of nitrogens with zero attached hydrogens (tertiary/aromatic N) is 1. The topological polar surface area (TPSA) is 79.2 Å². The molecule has 1 fully saturated rings. The van der Waals surface area contributed by atoms with Crippen LogP contribution >= 0.6 is 0 Å². The molecule has 0 aromatic heterocycles. The highest BCUT2D eigenvalue weighted by Gasteiger charge is 2.37. The minimum atomic E-state index is -2.92. The van der Waals surface area contributed by atoms with Gasteiger partial charge in [0.1, 0.15) is 11.8 Å². The first-order valence-electron chi connectivity index (χ1n) is 6.40. The summed E-state index contributed by atoms with van der Waals surface area (Å²) in [5, 5.41) is 12.3. The third kappa shape index (κ3) is 3.30. The molecule has 5 nitrogen and oxygen atoms in total. The smallest absolute Gasteiger partial charge is 0.152 e. The monoisotopic (exact) mass is 294 g/mol. The lowest BCUT2D eigenvalue weighted by molar-refractivity contribution is 0.394. The molecule has 0 aliphatic carbocycles. The minimum Gasteiger partial charge on any atom is -0.495 e. The molecule has 1 aromatic rings. The molecule has 1 aromatic carbocycles. The van der Waals surface area contributed by atoms with Crippen molar-refractivity contribution in [2.75, 3.05) is 18.6 Å². The standard InChI is InChI=1S/C14H18N2O3S/c1-14(5-6-20(17,18)10-14)16-9-11-3-4-13(19-2)12(7-11)8-15/h3-4,7,16H,5-6,9-10H2,1-2H3. The van der Waals surface area contributed by atoms with Crippen molar-refractivity contribution in [2.45, 2.75) is 25.4 Å². The molecule has 1 atom stereocenters. The third-order valence-corrected chi connectivity index (χ3v) is 5.51. The van der Waals surface area contributed by atoms with Crippen molar-refractivity contribution in [2.24, 2.45) is 0 Å². The summed E-state index contributed by atoms with van der Waals surface area (Å²) in [7, 11) is -1.39. The molecular weight excluding hydrogens is 276 g/mol. The Hall–Kier alpha value is -1.58. The SMILES string of the molecule is COc1ccc(CNC2(C)CCS(=O)(=O)C2)cc1C#N. The highest BCUT2D eigenvalue weighted by Crippen LogP contribution is 2.24. The Morgan fingerprint density at radius 3 is 2.80 bits per heavy atom. The maximum Gasteiger partial charge on any atom is 0.152 e. The van der Waals surface area contributed by atoms with E-state index in [9.17, 15) is 8.42 Å². The highest BCUT2D eigenvalue weighted by atomic mass is 32.2. The van der Waals surface area contributed by atoms with Gasteiger partial charge in [-0.05, 0) is 31.0 Å². The predicted octanol–water partition coefficient (Wildman–Crippen LogP) is 1.23. The van der Waals surface area contributed by atoms with Gasteiger partial charge in [-0.1, -0.05) is 6.07 Å². The van der Waals surface area contributed by atoms with Crippen LogP contribution in [0.15, 0.2) is 18.2 Å². The van der Waals surface area contributed by atoms with Crippen LogP contribution in [0.3, 0.4) is 0 Å². The van der Waals surface area contributed by atoms with Gasteiger partial charge in [-0.3, -0.25) is 0 Å². The van der Waals surface area contributed by atoms with Crippen molar-refractivity contribution in [1.82, 2.24) is 5.32 Å². The first kappa shape index (κ1) is 14.8. The quantitative estimate of drug-likeness (QED) is 0.903. The number of ether oxygens (including phenoxy) is 1. The molecule has 1 aliphatic heterocycles. The summed E-state index contributed by atoms with van der Waals surface area (Å²) in [4.78, 5) is 0. The Balaban J connectivity index is 2.07. The molecule has 0 amide bonds. The Bertz CT molecular complexity index is 649. The molecule has 1 saturated heterocycles. The molecule has 1 N–H and O–H groups in total. The normalized spacial score (nSPS) is 24.2. The maximum absolute atomic E-state index is 11.5. The van der Waals surface area contributed by atoms with Gasteiger partial charge in [-0.15, -0.1) is 0 Å². The van der Waals surface area contributed by atoms with Gasteiger partial charge in [0.2, 0.25) is 0 Å². The Kier molecular flexibility index (Phi) is 4.02. The fourth-order valence-electron chi connectivity index (χ4n) is 2.42. The van der Waals surface area contributed by atoms with Crippen LogP contribution in [0.2, 0.25) is 0 Å². The zero-order chi connectivity index (χ0) is 14.8. The van der Waals surface area contributed by atoms with Crippen molar-refractivity contribution >= 4 is 9.84 Å². The van der Waals surface area contributed by atoms with Gasteiger partial charge in [-0.2, -0.15) is 5.26 Å². The van der Waals surface area contributed by atoms with E-state index in [1.165, 1.54) is 7.11 Å². The van der Waals surface area contributed by atoms with Gasteiger partial charge in [0.15, 0.2) is 9.84 Å². The van der Waals surface area contributed by atoms with E-state index in [1.54, 1.807) is 12.1 Å². The molecular formula is C14H18N2O3S. The Morgan fingerprint density at radius 2 is 2.25 bits per heavy atom. The molecule has 6 heteroatoms. The van der Waals surface area contributed by atoms with Gasteiger partial charge in [0, 0.05) is 12.1 Å². The van der Waals surface area contributed by atoms with Crippen LogP contribution in [0.1, 0.15) is 24.5 Å². The van der Waals surface area contributed by atoms with Gasteiger partial charge in [0.05, 0.1) is 24.2 Å². The van der Waals surface area contributed by atoms with E-state index in [-0.39, 0.29) is 17.0 Å². The number of benzene rings is 1. The zero-order valence-corrected chi connectivity index (χ0v) is 12.5. The number of nitrogens with one attached hydrogen (secondary N) is 1. The average molecular weight is 294 g/mol. The maximum atomic E-state index is 11.5. The second-order valence-corrected chi connectivity index (χ2v) is 7.59. The molecule has 0 bridgehead atoms. The number of hydrogen-bond donors (Lipinski definition) is 1. The molecule has 108 valence electrons. The summed E-state index contributed by atoms with van der Waals surface area (Å²) >= 11 is 0. The number of methoxy groups -OCH3 is 1. The van der Waals surface area contributed by atoms with Crippen LogP contribution in [0.5, 0.6) is 5.75 Å². The molecule has 20 heavy (non-hydrogen) atoms. The molecule has 0 saturated carbocycles. The van der Waals surface area contributed by atoms with E-state index in [0.717, 1.165) is 5.56 Å². The molecule has 0 spiro atoms. The first-order valence-corrected chi connectivity index (χ1v) is 8.22. The molecule has 1 unspecified atom stereocenters. The Labute approximate surface area is 119 Å². The summed E-state index contributed by atoms with van der Waals surface area (Å²) in [6.45, 7) is 2.46. The second kappa shape index (κ2) is 5.43. The lowest BCUT2D eigenvalue weighted by atomic mass is 10.0. The van der Waals surface area contributed by atoms with Crippen LogP contribution in [-0.4, -0.2) is 32.6 Å². The molecule has 0 radical (unpaired) electrons. The van der Waals surface area contributed by atoms with Crippen LogP contribution in [0, 0.1) is 11.3 Å². The van der Waals surface area contributed by atoms with Crippen molar-refractivity contribution in [1.29, 1.82) is 5.26 Å². The van der Waals surface area contributed by atoms with Crippen LogP contribution in [0.25, 0.3) is 0 Å². The third-order valence-electron chi connectivity index (χ3n) is 3.61. The number of rotatable bonds is 4. The summed E-state index contributed by atoms with van der Waals surface area (Å²) in [5.74, 6) is 0.954. The van der Waals surface area contributed by atoms with Gasteiger partial charge in [0.25, 0.3) is 0 Å². The lowest BCUT2D eigenvalue weighted by Gasteiger charge is -2.24. The van der Waals surface area contributed by atoms with Crippen LogP contribution in [0.4, 0.5) is 0 Å². The van der Waals surface area contributed by atoms with Gasteiger partial charge >= 0.3 is 0 Å². The fraction of sp³-hybridized carbons (Fsp3) is 0.500. The number of sulfone groups is 1. The fourth-order valence-corrected chi connectivity index (χ4v) is 4.54. The predicted molar refractivity (Wildman–Crippen MR) is 76.2 cm³/mol. The zero-order valence-electron chi connectivity index (χ0n) is 11.6. The summed E-state index contributed by atoms with van der Waals surface area (Å²) in [5.41, 5.74) is 1.04. The minimum absolute atomic E-state index is 0.168. The summed E-state index contributed by atoms with van der Waals surface area (Å²) < 4.78 is 28.2. The summed E-state index contributed by atoms with van der Waals surface area (Å²) in [6.07, 6.45) is 0.622. The first-order chi connectivity index (χ1) is 9.37. The van der Waals surface area contributed by atoms with Crippen molar-refractivity contribution < 1.29 is 13.2 Å². The van der Waals surface area contributed by atoms with E-state index < -0.39 is 9.84 Å². The van der Waals surface area contributed by atoms with Crippen molar-refractivity contribution in [3.05, 3.63) is 29.3 Å². The number of hydrogen-bond acceptors (Lipinski definition) is 5. The second-order valence-electron chi connectivity index (χ2n) is 5.40. The average Bonchev–Trinajstić information content (AvgIpc) is 2.70. The molecule has 1 aliphatic rings. The van der Waals surface area contributed by atoms with E-state index in [0.29, 0.717) is 24.3 Å². The molecule has 2 rings (SSSR count).